The fourth-order valence-electron chi connectivity index (χ4n) is 2.49. The van der Waals surface area contributed by atoms with E-state index in [-0.39, 0.29) is 0 Å². The van der Waals surface area contributed by atoms with Crippen molar-refractivity contribution in [2.75, 3.05) is 19.5 Å². The van der Waals surface area contributed by atoms with Gasteiger partial charge >= 0.3 is 0 Å². The quantitative estimate of drug-likeness (QED) is 0.745. The summed E-state index contributed by atoms with van der Waals surface area (Å²) in [7, 11) is 1.80. The summed E-state index contributed by atoms with van der Waals surface area (Å²) < 4.78 is 5.26. The molecule has 1 saturated carbocycles. The maximum atomic E-state index is 5.26. The van der Waals surface area contributed by atoms with Gasteiger partial charge in [0, 0.05) is 24.4 Å². The van der Waals surface area contributed by atoms with Crippen molar-refractivity contribution in [2.24, 2.45) is 0 Å². The van der Waals surface area contributed by atoms with Gasteiger partial charge in [-0.2, -0.15) is 11.8 Å². The minimum atomic E-state index is 0.535. The molecule has 0 radical (unpaired) electrons. The molecule has 16 heavy (non-hydrogen) atoms. The van der Waals surface area contributed by atoms with Gasteiger partial charge in [0.1, 0.15) is 0 Å². The molecule has 0 spiro atoms. The third-order valence-corrected chi connectivity index (χ3v) is 4.72. The third kappa shape index (κ3) is 4.64. The zero-order chi connectivity index (χ0) is 11.8. The van der Waals surface area contributed by atoms with Gasteiger partial charge < -0.3 is 10.1 Å². The monoisotopic (exact) mass is 245 g/mol. The summed E-state index contributed by atoms with van der Waals surface area (Å²) in [6, 6.07) is 1.24. The Bertz CT molecular complexity index is 175. The molecule has 0 amide bonds. The minimum Gasteiger partial charge on any atom is -0.383 e. The first-order valence-electron chi connectivity index (χ1n) is 6.68. The van der Waals surface area contributed by atoms with E-state index in [9.17, 15) is 0 Å². The van der Waals surface area contributed by atoms with Crippen molar-refractivity contribution in [1.29, 1.82) is 0 Å². The van der Waals surface area contributed by atoms with E-state index in [1.54, 1.807) is 7.11 Å². The van der Waals surface area contributed by atoms with Crippen LogP contribution in [0.1, 0.15) is 46.0 Å². The number of hydrogen-bond acceptors (Lipinski definition) is 3. The highest BCUT2D eigenvalue weighted by molar-refractivity contribution is 7.99. The summed E-state index contributed by atoms with van der Waals surface area (Å²) in [6.45, 7) is 5.35. The smallest absolute Gasteiger partial charge is 0.0615 e. The fourth-order valence-corrected chi connectivity index (χ4v) is 3.70. The Balaban J connectivity index is 2.40. The molecule has 1 N–H and O–H groups in total. The molecule has 2 nitrogen and oxygen atoms in total. The molecule has 3 atom stereocenters. The van der Waals surface area contributed by atoms with E-state index in [0.29, 0.717) is 12.1 Å². The van der Waals surface area contributed by atoms with Crippen LogP contribution in [0.4, 0.5) is 0 Å². The van der Waals surface area contributed by atoms with Crippen LogP contribution in [0.2, 0.25) is 0 Å². The SMILES string of the molecule is CCSC1CCCCC1NC(CC)COC. The second kappa shape index (κ2) is 8.37. The van der Waals surface area contributed by atoms with Gasteiger partial charge in [0.15, 0.2) is 0 Å². The molecule has 96 valence electrons. The van der Waals surface area contributed by atoms with Gasteiger partial charge in [-0.15, -0.1) is 0 Å². The summed E-state index contributed by atoms with van der Waals surface area (Å²) in [5.74, 6) is 1.24. The van der Waals surface area contributed by atoms with Crippen molar-refractivity contribution in [3.8, 4) is 0 Å². The standard InChI is InChI=1S/C13H27NOS/c1-4-11(10-15-3)14-12-8-6-7-9-13(12)16-5-2/h11-14H,4-10H2,1-3H3. The lowest BCUT2D eigenvalue weighted by Crippen LogP contribution is -2.47. The molecular formula is C13H27NOS. The van der Waals surface area contributed by atoms with Crippen LogP contribution in [-0.2, 0) is 4.74 Å². The van der Waals surface area contributed by atoms with Crippen molar-refractivity contribution in [3.63, 3.8) is 0 Å². The van der Waals surface area contributed by atoms with E-state index >= 15 is 0 Å². The molecule has 0 aromatic carbocycles. The van der Waals surface area contributed by atoms with Gasteiger partial charge in [0.2, 0.25) is 0 Å². The number of hydrogen-bond donors (Lipinski definition) is 1. The van der Waals surface area contributed by atoms with Crippen molar-refractivity contribution >= 4 is 11.8 Å². The van der Waals surface area contributed by atoms with Gasteiger partial charge in [0.25, 0.3) is 0 Å². The van der Waals surface area contributed by atoms with Gasteiger partial charge in [0.05, 0.1) is 6.61 Å². The van der Waals surface area contributed by atoms with Gasteiger partial charge in [-0.05, 0) is 25.0 Å². The maximum Gasteiger partial charge on any atom is 0.0615 e. The molecule has 0 aromatic rings. The molecule has 0 bridgehead atoms. The van der Waals surface area contributed by atoms with Crippen LogP contribution in [0.3, 0.4) is 0 Å². The zero-order valence-electron chi connectivity index (χ0n) is 11.0. The average Bonchev–Trinajstić information content (AvgIpc) is 2.31. The summed E-state index contributed by atoms with van der Waals surface area (Å²) >= 11 is 2.13. The predicted molar refractivity (Wildman–Crippen MR) is 73.3 cm³/mol. The average molecular weight is 245 g/mol. The Labute approximate surface area is 105 Å². The van der Waals surface area contributed by atoms with E-state index in [1.165, 1.54) is 31.4 Å². The Hall–Kier alpha value is 0.270. The number of nitrogens with one attached hydrogen (secondary N) is 1. The Morgan fingerprint density at radius 1 is 1.31 bits per heavy atom. The molecule has 3 heteroatoms. The molecule has 1 fully saturated rings. The molecule has 0 heterocycles. The van der Waals surface area contributed by atoms with Crippen LogP contribution < -0.4 is 5.32 Å². The van der Waals surface area contributed by atoms with Gasteiger partial charge in [-0.3, -0.25) is 0 Å². The normalized spacial score (nSPS) is 27.9. The van der Waals surface area contributed by atoms with E-state index in [0.717, 1.165) is 18.3 Å². The highest BCUT2D eigenvalue weighted by Crippen LogP contribution is 2.29. The first-order chi connectivity index (χ1) is 7.81. The van der Waals surface area contributed by atoms with Gasteiger partial charge in [-0.25, -0.2) is 0 Å². The van der Waals surface area contributed by atoms with Crippen LogP contribution in [0.25, 0.3) is 0 Å². The van der Waals surface area contributed by atoms with E-state index in [2.05, 4.69) is 30.9 Å². The number of thioether (sulfide) groups is 1. The van der Waals surface area contributed by atoms with Crippen molar-refractivity contribution in [2.45, 2.75) is 63.3 Å². The molecule has 0 aromatic heterocycles. The number of methoxy groups -OCH3 is 1. The Morgan fingerprint density at radius 2 is 2.06 bits per heavy atom. The molecule has 1 aliphatic rings. The molecular weight excluding hydrogens is 218 g/mol. The van der Waals surface area contributed by atoms with Crippen LogP contribution in [0, 0.1) is 0 Å². The van der Waals surface area contributed by atoms with E-state index in [1.807, 2.05) is 0 Å². The topological polar surface area (TPSA) is 21.3 Å². The van der Waals surface area contributed by atoms with Gasteiger partial charge in [-0.1, -0.05) is 26.7 Å². The van der Waals surface area contributed by atoms with Crippen molar-refractivity contribution < 1.29 is 4.74 Å². The molecule has 0 aliphatic heterocycles. The van der Waals surface area contributed by atoms with Crippen LogP contribution in [0.15, 0.2) is 0 Å². The minimum absolute atomic E-state index is 0.535. The lowest BCUT2D eigenvalue weighted by atomic mass is 9.94. The lowest BCUT2D eigenvalue weighted by molar-refractivity contribution is 0.154. The van der Waals surface area contributed by atoms with Crippen LogP contribution in [-0.4, -0.2) is 36.8 Å². The first kappa shape index (κ1) is 14.3. The highest BCUT2D eigenvalue weighted by atomic mass is 32.2. The number of ether oxygens (including phenoxy) is 1. The van der Waals surface area contributed by atoms with Crippen LogP contribution in [0.5, 0.6) is 0 Å². The summed E-state index contributed by atoms with van der Waals surface area (Å²) in [6.07, 6.45) is 6.70. The first-order valence-corrected chi connectivity index (χ1v) is 7.73. The van der Waals surface area contributed by atoms with Crippen LogP contribution >= 0.6 is 11.8 Å². The highest BCUT2D eigenvalue weighted by Gasteiger charge is 2.26. The lowest BCUT2D eigenvalue weighted by Gasteiger charge is -2.34. The summed E-state index contributed by atoms with van der Waals surface area (Å²) in [5, 5.41) is 4.62. The third-order valence-electron chi connectivity index (χ3n) is 3.39. The summed E-state index contributed by atoms with van der Waals surface area (Å²) in [4.78, 5) is 0. The maximum absolute atomic E-state index is 5.26. The summed E-state index contributed by atoms with van der Waals surface area (Å²) in [5.41, 5.74) is 0. The number of rotatable bonds is 7. The fraction of sp³-hybridized carbons (Fsp3) is 1.00. The second-order valence-corrected chi connectivity index (χ2v) is 6.13. The molecule has 0 saturated heterocycles. The Kier molecular flexibility index (Phi) is 7.50. The van der Waals surface area contributed by atoms with E-state index < -0.39 is 0 Å². The molecule has 3 unspecified atom stereocenters. The van der Waals surface area contributed by atoms with Crippen molar-refractivity contribution in [1.82, 2.24) is 5.32 Å². The zero-order valence-corrected chi connectivity index (χ0v) is 11.8. The van der Waals surface area contributed by atoms with E-state index in [4.69, 9.17) is 4.74 Å². The van der Waals surface area contributed by atoms with Crippen molar-refractivity contribution in [3.05, 3.63) is 0 Å². The molecule has 1 aliphatic carbocycles. The predicted octanol–water partition coefficient (Wildman–Crippen LogP) is 3.07. The Morgan fingerprint density at radius 3 is 2.69 bits per heavy atom. The largest absolute Gasteiger partial charge is 0.383 e. The second-order valence-electron chi connectivity index (χ2n) is 4.61. The molecule has 1 rings (SSSR count).